The van der Waals surface area contributed by atoms with E-state index in [2.05, 4.69) is 44.9 Å². The van der Waals surface area contributed by atoms with Crippen molar-refractivity contribution in [2.24, 2.45) is 11.1 Å². The van der Waals surface area contributed by atoms with Gasteiger partial charge in [-0.05, 0) is 105 Å². The number of hydrogen-bond acceptors (Lipinski definition) is 10. The molecule has 2 fully saturated rings. The number of likely N-dealkylation sites (N-methyl/N-ethyl adjacent to an activating group) is 1. The molecule has 3 aromatic rings. The minimum absolute atomic E-state index is 0.0325. The van der Waals surface area contributed by atoms with E-state index < -0.39 is 40.8 Å². The van der Waals surface area contributed by atoms with Crippen LogP contribution in [0, 0.1) is 11.2 Å². The number of morpholine rings is 1. The van der Waals surface area contributed by atoms with Crippen LogP contribution in [0.15, 0.2) is 60.7 Å². The molecule has 66 heavy (non-hydrogen) atoms. The second-order valence-electron chi connectivity index (χ2n) is 20.1. The van der Waals surface area contributed by atoms with Crippen LogP contribution in [-0.2, 0) is 53.5 Å². The lowest BCUT2D eigenvalue weighted by atomic mass is 9.82. The summed E-state index contributed by atoms with van der Waals surface area (Å²) < 4.78 is 19.5. The first-order valence-electron chi connectivity index (χ1n) is 23.2. The van der Waals surface area contributed by atoms with E-state index in [0.29, 0.717) is 43.1 Å². The second-order valence-corrected chi connectivity index (χ2v) is 20.1. The summed E-state index contributed by atoms with van der Waals surface area (Å²) in [6.07, 6.45) is 0.680. The van der Waals surface area contributed by atoms with Gasteiger partial charge < -0.3 is 41.5 Å². The normalized spacial score (nSPS) is 24.5. The van der Waals surface area contributed by atoms with Crippen molar-refractivity contribution in [2.75, 3.05) is 69.7 Å². The number of benzene rings is 3. The van der Waals surface area contributed by atoms with E-state index in [1.54, 1.807) is 37.1 Å². The highest BCUT2D eigenvalue weighted by Crippen LogP contribution is 2.43. The summed E-state index contributed by atoms with van der Waals surface area (Å²) in [6.45, 7) is 18.2. The van der Waals surface area contributed by atoms with Gasteiger partial charge in [0, 0.05) is 75.2 Å². The lowest BCUT2D eigenvalue weighted by Gasteiger charge is -2.43. The van der Waals surface area contributed by atoms with Crippen LogP contribution in [0.5, 0.6) is 0 Å². The van der Waals surface area contributed by atoms with Gasteiger partial charge in [0.2, 0.25) is 29.5 Å². The molecule has 0 saturated carbocycles. The zero-order valence-corrected chi connectivity index (χ0v) is 39.7. The molecule has 5 amide bonds. The van der Waals surface area contributed by atoms with Crippen molar-refractivity contribution in [1.29, 1.82) is 0 Å². The first-order valence-corrected chi connectivity index (χ1v) is 23.2. The topological polar surface area (TPSA) is 182 Å². The molecule has 0 radical (unpaired) electrons. The van der Waals surface area contributed by atoms with Gasteiger partial charge in [-0.1, -0.05) is 51.1 Å². The molecule has 356 valence electrons. The summed E-state index contributed by atoms with van der Waals surface area (Å²) in [5, 5.41) is 12.5. The van der Waals surface area contributed by atoms with Gasteiger partial charge in [-0.15, -0.1) is 0 Å². The highest BCUT2D eigenvalue weighted by atomic mass is 19.1. The molecule has 2 saturated heterocycles. The van der Waals surface area contributed by atoms with E-state index in [1.807, 2.05) is 58.0 Å². The van der Waals surface area contributed by atoms with Crippen molar-refractivity contribution in [1.82, 2.24) is 30.7 Å². The van der Waals surface area contributed by atoms with E-state index in [0.717, 1.165) is 41.9 Å². The Balaban J connectivity index is 1.15. The van der Waals surface area contributed by atoms with Gasteiger partial charge in [0.1, 0.15) is 17.9 Å². The van der Waals surface area contributed by atoms with Crippen LogP contribution >= 0.6 is 0 Å². The van der Waals surface area contributed by atoms with Gasteiger partial charge in [-0.3, -0.25) is 33.8 Å². The highest BCUT2D eigenvalue weighted by Gasteiger charge is 2.48. The number of nitrogens with zero attached hydrogens (tertiary/aromatic N) is 4. The Morgan fingerprint density at radius 2 is 1.71 bits per heavy atom. The average Bonchev–Trinajstić information content (AvgIpc) is 3.59. The van der Waals surface area contributed by atoms with Gasteiger partial charge in [-0.25, -0.2) is 4.39 Å². The van der Waals surface area contributed by atoms with Crippen LogP contribution in [-0.4, -0.2) is 140 Å². The Bertz CT molecular complexity index is 2300. The fourth-order valence-electron chi connectivity index (χ4n) is 9.72. The molecule has 7 atom stereocenters. The van der Waals surface area contributed by atoms with Gasteiger partial charge in [0.25, 0.3) is 0 Å². The van der Waals surface area contributed by atoms with Crippen LogP contribution < -0.4 is 31.9 Å². The number of primary amides is 1. The summed E-state index contributed by atoms with van der Waals surface area (Å²) in [5.74, 6) is -2.17. The minimum Gasteiger partial charge on any atom is -0.379 e. The van der Waals surface area contributed by atoms with E-state index in [1.165, 1.54) is 17.0 Å². The van der Waals surface area contributed by atoms with Crippen molar-refractivity contribution in [3.05, 3.63) is 94.3 Å². The van der Waals surface area contributed by atoms with E-state index in [-0.39, 0.29) is 67.7 Å². The third kappa shape index (κ3) is 10.6. The van der Waals surface area contributed by atoms with E-state index in [9.17, 15) is 28.4 Å². The van der Waals surface area contributed by atoms with Gasteiger partial charge in [0.05, 0.1) is 31.2 Å². The Kier molecular flexibility index (Phi) is 14.7. The fraction of sp³-hybridized carbons (Fsp3) is 0.540. The Morgan fingerprint density at radius 1 is 0.985 bits per heavy atom. The third-order valence-corrected chi connectivity index (χ3v) is 14.0. The molecular formula is C50H68FN9O6. The average molecular weight is 910 g/mol. The minimum atomic E-state index is -1.16. The smallest absolute Gasteiger partial charge is 0.246 e. The number of carbonyl (C=O) groups is 5. The first kappa shape index (κ1) is 48.7. The zero-order valence-electron chi connectivity index (χ0n) is 39.7. The standard InChI is InChI=1S/C50H68FN9O6/c1-30-24-58(39(23-54-30)26-57-17-18-66-28-31(57)2)27-43(61)60-29-50(7,40-16-11-34(20-41(40)60)19-33-9-13-37(51)14-10-33)48(65)55-38-15-12-35-22-42(45(52)62)59(25-36(35)21-38)47(64)44(49(4,5)6)56-46(63)32(3)53-8/h9-16,20-21,30-32,39,42,44,53-54H,17-19,22-29H2,1-8H3,(H2,52,62)(H,55,65)(H,56,63)/t30-,31-,32+,39-,42?,44-,50?/m1/s1. The number of piperazine rings is 1. The van der Waals surface area contributed by atoms with Gasteiger partial charge in [0.15, 0.2) is 0 Å². The third-order valence-electron chi connectivity index (χ3n) is 14.0. The number of amides is 5. The summed E-state index contributed by atoms with van der Waals surface area (Å²) in [7, 11) is 1.66. The van der Waals surface area contributed by atoms with Gasteiger partial charge >= 0.3 is 0 Å². The molecule has 4 aliphatic heterocycles. The second kappa shape index (κ2) is 19.9. The van der Waals surface area contributed by atoms with Gasteiger partial charge in [-0.2, -0.15) is 0 Å². The number of nitrogens with two attached hydrogens (primary N) is 1. The highest BCUT2D eigenvalue weighted by molar-refractivity contribution is 6.07. The van der Waals surface area contributed by atoms with Crippen LogP contribution in [0.2, 0.25) is 0 Å². The molecule has 0 aromatic heterocycles. The zero-order chi connectivity index (χ0) is 47.7. The number of anilines is 2. The Labute approximate surface area is 388 Å². The van der Waals surface area contributed by atoms with E-state index >= 15 is 0 Å². The van der Waals surface area contributed by atoms with Crippen LogP contribution in [0.4, 0.5) is 15.8 Å². The molecule has 2 unspecified atom stereocenters. The fourth-order valence-corrected chi connectivity index (χ4v) is 9.72. The molecule has 7 rings (SSSR count). The summed E-state index contributed by atoms with van der Waals surface area (Å²) in [5.41, 5.74) is 9.30. The number of carbonyl (C=O) groups excluding carboxylic acids is 5. The SMILES string of the molecule is CN[C@@H](C)C(=O)N[C@H](C(=O)N1Cc2cc(NC(=O)C3(C)CN(C(=O)CN4C[C@@H](C)NC[C@@H]4CN4CCOC[C@H]4C)c4cc(Cc5ccc(F)cc5)ccc43)ccc2CC1C(N)=O)C(C)(C)C. The van der Waals surface area contributed by atoms with Crippen LogP contribution in [0.25, 0.3) is 0 Å². The molecule has 4 aliphatic rings. The monoisotopic (exact) mass is 910 g/mol. The maximum absolute atomic E-state index is 14.8. The van der Waals surface area contributed by atoms with Crippen molar-refractivity contribution in [3.8, 4) is 0 Å². The molecule has 0 bridgehead atoms. The Hall–Kier alpha value is -5.26. The number of halogens is 1. The summed E-state index contributed by atoms with van der Waals surface area (Å²) >= 11 is 0. The molecule has 3 aromatic carbocycles. The van der Waals surface area contributed by atoms with Crippen LogP contribution in [0.1, 0.15) is 76.3 Å². The van der Waals surface area contributed by atoms with Crippen LogP contribution in [0.3, 0.4) is 0 Å². The predicted octanol–water partition coefficient (Wildman–Crippen LogP) is 2.92. The Morgan fingerprint density at radius 3 is 2.39 bits per heavy atom. The first-order chi connectivity index (χ1) is 31.2. The molecule has 0 spiro atoms. The molecule has 6 N–H and O–H groups in total. The lowest BCUT2D eigenvalue weighted by Crippen LogP contribution is -2.62. The maximum atomic E-state index is 14.8. The largest absolute Gasteiger partial charge is 0.379 e. The maximum Gasteiger partial charge on any atom is 0.246 e. The molecule has 0 aliphatic carbocycles. The predicted molar refractivity (Wildman–Crippen MR) is 252 cm³/mol. The molecule has 16 heteroatoms. The van der Waals surface area contributed by atoms with Crippen molar-refractivity contribution in [3.63, 3.8) is 0 Å². The molecule has 15 nitrogen and oxygen atoms in total. The number of hydrogen-bond donors (Lipinski definition) is 5. The lowest BCUT2D eigenvalue weighted by molar-refractivity contribution is -0.146. The van der Waals surface area contributed by atoms with Crippen molar-refractivity contribution >= 4 is 40.9 Å². The number of fused-ring (bicyclic) bond motifs is 2. The summed E-state index contributed by atoms with van der Waals surface area (Å²) in [4.78, 5) is 77.7. The van der Waals surface area contributed by atoms with Crippen molar-refractivity contribution in [2.45, 2.75) is 110 Å². The number of rotatable bonds is 13. The molecule has 4 heterocycles. The quantitative estimate of drug-likeness (QED) is 0.171. The number of nitrogens with one attached hydrogen (secondary N) is 4. The van der Waals surface area contributed by atoms with Crippen molar-refractivity contribution < 1.29 is 33.1 Å². The number of ether oxygens (including phenoxy) is 1. The summed E-state index contributed by atoms with van der Waals surface area (Å²) in [6, 6.07) is 15.8. The molecular weight excluding hydrogens is 842 g/mol. The van der Waals surface area contributed by atoms with E-state index in [4.69, 9.17) is 10.5 Å².